The van der Waals surface area contributed by atoms with Crippen molar-refractivity contribution in [3.05, 3.63) is 17.7 Å². The molecule has 0 radical (unpaired) electrons. The van der Waals surface area contributed by atoms with E-state index in [1.165, 1.54) is 18.4 Å². The Morgan fingerprint density at radius 1 is 1.14 bits per heavy atom. The fourth-order valence-corrected chi connectivity index (χ4v) is 8.20. The number of carbonyl (C=O) groups excluding carboxylic acids is 1. The molecule has 3 saturated heterocycles. The summed E-state index contributed by atoms with van der Waals surface area (Å²) in [6.45, 7) is 4.65. The SMILES string of the molecule is COc1ccc2c(c1OC)N(C(C)=O)C1CCC34CCCN5CCC21C53OCC4. The Balaban J connectivity index is 1.68. The number of amides is 1. The Labute approximate surface area is 172 Å². The lowest BCUT2D eigenvalue weighted by molar-refractivity contribution is -0.232. The van der Waals surface area contributed by atoms with Crippen LogP contribution in [0.15, 0.2) is 12.1 Å². The van der Waals surface area contributed by atoms with E-state index in [4.69, 9.17) is 14.2 Å². The van der Waals surface area contributed by atoms with Crippen molar-refractivity contribution >= 4 is 11.6 Å². The van der Waals surface area contributed by atoms with E-state index in [1.54, 1.807) is 21.1 Å². The summed E-state index contributed by atoms with van der Waals surface area (Å²) in [5.74, 6) is 1.44. The Bertz CT molecular complexity index is 903. The first-order valence-electron chi connectivity index (χ1n) is 11.0. The molecule has 4 aliphatic heterocycles. The molecule has 29 heavy (non-hydrogen) atoms. The van der Waals surface area contributed by atoms with Crippen molar-refractivity contribution in [3.63, 3.8) is 0 Å². The molecule has 0 aromatic heterocycles. The predicted molar refractivity (Wildman–Crippen MR) is 109 cm³/mol. The third kappa shape index (κ3) is 1.73. The molecule has 1 amide bonds. The Morgan fingerprint density at radius 3 is 2.76 bits per heavy atom. The number of ether oxygens (including phenoxy) is 3. The lowest BCUT2D eigenvalue weighted by Gasteiger charge is -2.62. The summed E-state index contributed by atoms with van der Waals surface area (Å²) < 4.78 is 18.3. The van der Waals surface area contributed by atoms with E-state index >= 15 is 0 Å². The van der Waals surface area contributed by atoms with Crippen molar-refractivity contribution in [2.24, 2.45) is 5.41 Å². The number of carbonyl (C=O) groups is 1. The van der Waals surface area contributed by atoms with Gasteiger partial charge < -0.3 is 19.1 Å². The van der Waals surface area contributed by atoms with Gasteiger partial charge in [0.05, 0.1) is 31.4 Å². The third-order valence-corrected chi connectivity index (χ3v) is 8.88. The van der Waals surface area contributed by atoms with Crippen LogP contribution >= 0.6 is 0 Å². The van der Waals surface area contributed by atoms with Crippen LogP contribution in [0.1, 0.15) is 51.0 Å². The lowest BCUT2D eigenvalue weighted by Crippen LogP contribution is -2.73. The molecule has 4 atom stereocenters. The number of anilines is 1. The van der Waals surface area contributed by atoms with Crippen LogP contribution in [0.25, 0.3) is 0 Å². The maximum absolute atomic E-state index is 13.0. The number of rotatable bonds is 2. The van der Waals surface area contributed by atoms with Gasteiger partial charge in [-0.25, -0.2) is 0 Å². The zero-order valence-corrected chi connectivity index (χ0v) is 17.6. The van der Waals surface area contributed by atoms with Crippen molar-refractivity contribution in [3.8, 4) is 11.5 Å². The fraction of sp³-hybridized carbons (Fsp3) is 0.696. The first-order chi connectivity index (χ1) is 14.1. The summed E-state index contributed by atoms with van der Waals surface area (Å²) in [6.07, 6.45) is 6.82. The smallest absolute Gasteiger partial charge is 0.224 e. The maximum atomic E-state index is 13.0. The molecule has 0 bridgehead atoms. The quantitative estimate of drug-likeness (QED) is 0.766. The summed E-state index contributed by atoms with van der Waals surface area (Å²) in [6, 6.07) is 4.32. The molecule has 5 aliphatic rings. The van der Waals surface area contributed by atoms with E-state index in [0.29, 0.717) is 11.5 Å². The molecule has 156 valence electrons. The minimum atomic E-state index is -0.292. The lowest BCUT2D eigenvalue weighted by atomic mass is 9.50. The molecule has 4 unspecified atom stereocenters. The third-order valence-electron chi connectivity index (χ3n) is 8.88. The number of hydrogen-bond donors (Lipinski definition) is 0. The van der Waals surface area contributed by atoms with E-state index in [-0.39, 0.29) is 28.5 Å². The van der Waals surface area contributed by atoms with Crippen LogP contribution in [0.2, 0.25) is 0 Å². The molecule has 0 N–H and O–H groups in total. The van der Waals surface area contributed by atoms with Gasteiger partial charge in [0, 0.05) is 32.0 Å². The van der Waals surface area contributed by atoms with Crippen LogP contribution in [-0.4, -0.2) is 56.5 Å². The normalized spacial score (nSPS) is 39.6. The summed E-state index contributed by atoms with van der Waals surface area (Å²) in [7, 11) is 3.33. The molecule has 4 heterocycles. The molecule has 1 aliphatic carbocycles. The molecule has 6 rings (SSSR count). The van der Waals surface area contributed by atoms with Crippen molar-refractivity contribution in [1.82, 2.24) is 4.90 Å². The van der Waals surface area contributed by atoms with Crippen LogP contribution in [0, 0.1) is 5.41 Å². The van der Waals surface area contributed by atoms with Crippen molar-refractivity contribution < 1.29 is 19.0 Å². The molecule has 2 spiro atoms. The largest absolute Gasteiger partial charge is 0.493 e. The Morgan fingerprint density at radius 2 is 2.00 bits per heavy atom. The number of methoxy groups -OCH3 is 2. The van der Waals surface area contributed by atoms with Gasteiger partial charge in [-0.15, -0.1) is 0 Å². The van der Waals surface area contributed by atoms with Gasteiger partial charge in [0.2, 0.25) is 5.91 Å². The second kappa shape index (κ2) is 5.67. The van der Waals surface area contributed by atoms with Crippen molar-refractivity contribution in [2.45, 2.75) is 62.6 Å². The van der Waals surface area contributed by atoms with Gasteiger partial charge in [-0.1, -0.05) is 6.07 Å². The number of hydrogen-bond acceptors (Lipinski definition) is 5. The molecule has 1 aromatic rings. The molecule has 1 aromatic carbocycles. The standard InChI is InChI=1S/C23H30N2O4/c1-15(26)25-18-7-9-21-8-4-12-24-13-10-22(18,23(21,24)29-14-11-21)16-5-6-17(27-2)20(28-3)19(16)25/h5-6,18H,4,7-14H2,1-3H3. The van der Waals surface area contributed by atoms with Gasteiger partial charge >= 0.3 is 0 Å². The van der Waals surface area contributed by atoms with Gasteiger partial charge in [-0.3, -0.25) is 9.69 Å². The van der Waals surface area contributed by atoms with E-state index in [2.05, 4.69) is 11.0 Å². The average Bonchev–Trinajstić information content (AvgIpc) is 3.37. The van der Waals surface area contributed by atoms with Gasteiger partial charge in [0.25, 0.3) is 0 Å². The van der Waals surface area contributed by atoms with Crippen LogP contribution in [-0.2, 0) is 14.9 Å². The molecule has 6 heteroatoms. The second-order valence-electron chi connectivity index (χ2n) is 9.48. The molecule has 6 nitrogen and oxygen atoms in total. The molecular weight excluding hydrogens is 368 g/mol. The second-order valence-corrected chi connectivity index (χ2v) is 9.48. The fourth-order valence-electron chi connectivity index (χ4n) is 8.20. The number of nitrogens with zero attached hydrogens (tertiary/aromatic N) is 2. The van der Waals surface area contributed by atoms with Gasteiger partial charge in [-0.2, -0.15) is 0 Å². The zero-order valence-electron chi connectivity index (χ0n) is 17.6. The van der Waals surface area contributed by atoms with Crippen LogP contribution in [0.4, 0.5) is 5.69 Å². The van der Waals surface area contributed by atoms with Crippen LogP contribution < -0.4 is 14.4 Å². The monoisotopic (exact) mass is 398 g/mol. The highest BCUT2D eigenvalue weighted by atomic mass is 16.5. The van der Waals surface area contributed by atoms with Crippen molar-refractivity contribution in [2.75, 3.05) is 38.8 Å². The Kier molecular flexibility index (Phi) is 3.52. The van der Waals surface area contributed by atoms with Gasteiger partial charge in [-0.05, 0) is 50.2 Å². The highest BCUT2D eigenvalue weighted by Gasteiger charge is 2.80. The first kappa shape index (κ1) is 18.0. The first-order valence-corrected chi connectivity index (χ1v) is 11.0. The van der Waals surface area contributed by atoms with Gasteiger partial charge in [0.1, 0.15) is 5.72 Å². The van der Waals surface area contributed by atoms with E-state index < -0.39 is 0 Å². The topological polar surface area (TPSA) is 51.2 Å². The number of piperidine rings is 1. The zero-order chi connectivity index (χ0) is 20.0. The summed E-state index contributed by atoms with van der Waals surface area (Å²) in [5, 5.41) is 0. The maximum Gasteiger partial charge on any atom is 0.224 e. The van der Waals surface area contributed by atoms with Crippen LogP contribution in [0.3, 0.4) is 0 Å². The Hall–Kier alpha value is -1.79. The number of benzene rings is 1. The van der Waals surface area contributed by atoms with E-state index in [9.17, 15) is 4.79 Å². The highest BCUT2D eigenvalue weighted by molar-refractivity contribution is 5.99. The highest BCUT2D eigenvalue weighted by Crippen LogP contribution is 2.74. The number of fused-ring (bicyclic) bond motifs is 1. The molecule has 1 saturated carbocycles. The van der Waals surface area contributed by atoms with E-state index in [1.807, 2.05) is 11.0 Å². The molecular formula is C23H30N2O4. The van der Waals surface area contributed by atoms with Crippen molar-refractivity contribution in [1.29, 1.82) is 0 Å². The summed E-state index contributed by atoms with van der Waals surface area (Å²) >= 11 is 0. The summed E-state index contributed by atoms with van der Waals surface area (Å²) in [5.41, 5.74) is 1.86. The average molecular weight is 399 g/mol. The van der Waals surface area contributed by atoms with E-state index in [0.717, 1.165) is 51.1 Å². The minimum absolute atomic E-state index is 0.0795. The van der Waals surface area contributed by atoms with Crippen LogP contribution in [0.5, 0.6) is 11.5 Å². The minimum Gasteiger partial charge on any atom is -0.493 e. The van der Waals surface area contributed by atoms with Gasteiger partial charge in [0.15, 0.2) is 11.5 Å². The predicted octanol–water partition coefficient (Wildman–Crippen LogP) is 3.07. The summed E-state index contributed by atoms with van der Waals surface area (Å²) in [4.78, 5) is 17.7. The molecule has 4 fully saturated rings.